The molecule has 0 aliphatic rings. The minimum absolute atomic E-state index is 0.0636. The lowest BCUT2D eigenvalue weighted by molar-refractivity contribution is 0.0927. The number of hydrogen-bond donors (Lipinski definition) is 1. The van der Waals surface area contributed by atoms with E-state index in [1.165, 1.54) is 0 Å². The molecule has 0 aliphatic carbocycles. The van der Waals surface area contributed by atoms with E-state index in [1.807, 2.05) is 43.6 Å². The number of nitrogens with one attached hydrogen (secondary N) is 1. The van der Waals surface area contributed by atoms with Crippen LogP contribution in [-0.2, 0) is 18.4 Å². The summed E-state index contributed by atoms with van der Waals surface area (Å²) in [6, 6.07) is 11.9. The number of amides is 1. The smallest absolute Gasteiger partial charge is 0.267 e. The van der Waals surface area contributed by atoms with Gasteiger partial charge >= 0.3 is 0 Å². The van der Waals surface area contributed by atoms with Crippen molar-refractivity contribution in [2.45, 2.75) is 13.0 Å². The van der Waals surface area contributed by atoms with Crippen LogP contribution >= 0.6 is 15.9 Å². The molecular formula is C16H19BrN2O2. The maximum Gasteiger partial charge on any atom is 0.267 e. The first-order valence-corrected chi connectivity index (χ1v) is 7.68. The molecule has 0 fully saturated rings. The number of carbonyl (C=O) groups excluding carboxylic acids is 1. The Hall–Kier alpha value is -1.59. The van der Waals surface area contributed by atoms with E-state index in [0.29, 0.717) is 25.5 Å². The zero-order valence-electron chi connectivity index (χ0n) is 12.0. The predicted molar refractivity (Wildman–Crippen MR) is 86.2 cm³/mol. The third-order valence-corrected chi connectivity index (χ3v) is 3.50. The molecule has 0 atom stereocenters. The lowest BCUT2D eigenvalue weighted by Crippen LogP contribution is -2.26. The minimum atomic E-state index is -0.0636. The van der Waals surface area contributed by atoms with Crippen molar-refractivity contribution in [2.24, 2.45) is 7.05 Å². The molecule has 1 aromatic carbocycles. The molecule has 0 bridgehead atoms. The molecule has 112 valence electrons. The molecule has 0 spiro atoms. The van der Waals surface area contributed by atoms with Gasteiger partial charge in [0.15, 0.2) is 0 Å². The highest BCUT2D eigenvalue weighted by atomic mass is 79.9. The first kappa shape index (κ1) is 15.8. The average molecular weight is 351 g/mol. The summed E-state index contributed by atoms with van der Waals surface area (Å²) >= 11 is 3.35. The lowest BCUT2D eigenvalue weighted by Gasteiger charge is -2.07. The Kier molecular flexibility index (Phi) is 6.02. The number of aryl methyl sites for hydroxylation is 1. The van der Waals surface area contributed by atoms with Gasteiger partial charge in [-0.15, -0.1) is 0 Å². The van der Waals surface area contributed by atoms with E-state index < -0.39 is 0 Å². The molecule has 0 unspecified atom stereocenters. The summed E-state index contributed by atoms with van der Waals surface area (Å²) in [5.41, 5.74) is 1.81. The van der Waals surface area contributed by atoms with Gasteiger partial charge in [-0.05, 0) is 34.0 Å². The predicted octanol–water partition coefficient (Wildman–Crippen LogP) is 3.12. The van der Waals surface area contributed by atoms with E-state index in [-0.39, 0.29) is 5.91 Å². The number of hydrogen-bond acceptors (Lipinski definition) is 2. The summed E-state index contributed by atoms with van der Waals surface area (Å²) in [5.74, 6) is -0.0636. The van der Waals surface area contributed by atoms with Crippen LogP contribution in [0.3, 0.4) is 0 Å². The Morgan fingerprint density at radius 2 is 2.10 bits per heavy atom. The highest BCUT2D eigenvalue weighted by Gasteiger charge is 2.09. The average Bonchev–Trinajstić information content (AvgIpc) is 2.82. The van der Waals surface area contributed by atoms with Crippen LogP contribution in [0.15, 0.2) is 47.1 Å². The minimum Gasteiger partial charge on any atom is -0.377 e. The fourth-order valence-corrected chi connectivity index (χ4v) is 2.50. The molecule has 1 heterocycles. The molecule has 21 heavy (non-hydrogen) atoms. The highest BCUT2D eigenvalue weighted by Crippen LogP contribution is 2.13. The molecule has 1 amide bonds. The van der Waals surface area contributed by atoms with Crippen molar-refractivity contribution < 1.29 is 9.53 Å². The van der Waals surface area contributed by atoms with Gasteiger partial charge in [0.2, 0.25) is 0 Å². The molecule has 0 saturated carbocycles. The Labute approximate surface area is 133 Å². The van der Waals surface area contributed by atoms with Crippen LogP contribution < -0.4 is 5.32 Å². The maximum atomic E-state index is 11.9. The molecule has 1 N–H and O–H groups in total. The second-order valence-electron chi connectivity index (χ2n) is 4.80. The van der Waals surface area contributed by atoms with Crippen molar-refractivity contribution >= 4 is 21.8 Å². The fourth-order valence-electron chi connectivity index (χ4n) is 1.98. The molecular weight excluding hydrogens is 332 g/mol. The summed E-state index contributed by atoms with van der Waals surface area (Å²) in [4.78, 5) is 11.9. The topological polar surface area (TPSA) is 43.3 Å². The Morgan fingerprint density at radius 3 is 2.76 bits per heavy atom. The van der Waals surface area contributed by atoms with Crippen LogP contribution in [0.25, 0.3) is 0 Å². The van der Waals surface area contributed by atoms with Gasteiger partial charge in [0.25, 0.3) is 5.91 Å². The lowest BCUT2D eigenvalue weighted by atomic mass is 10.2. The van der Waals surface area contributed by atoms with Crippen molar-refractivity contribution in [1.29, 1.82) is 0 Å². The quantitative estimate of drug-likeness (QED) is 0.779. The monoisotopic (exact) mass is 350 g/mol. The molecule has 1 aromatic heterocycles. The van der Waals surface area contributed by atoms with Crippen molar-refractivity contribution in [3.63, 3.8) is 0 Å². The standard InChI is InChI=1S/C16H19BrN2O2/c1-19-11-14(17)10-15(19)16(20)18-8-5-9-21-12-13-6-3-2-4-7-13/h2-4,6-7,10-11H,5,8-9,12H2,1H3,(H,18,20). The molecule has 2 rings (SSSR count). The SMILES string of the molecule is Cn1cc(Br)cc1C(=O)NCCCOCc1ccccc1. The van der Waals surface area contributed by atoms with Crippen LogP contribution in [0.5, 0.6) is 0 Å². The number of halogens is 1. The summed E-state index contributed by atoms with van der Waals surface area (Å²) in [6.45, 7) is 1.85. The molecule has 5 heteroatoms. The van der Waals surface area contributed by atoms with Gasteiger partial charge in [-0.1, -0.05) is 30.3 Å². The van der Waals surface area contributed by atoms with Crippen LogP contribution in [0.2, 0.25) is 0 Å². The molecule has 0 radical (unpaired) electrons. The zero-order valence-corrected chi connectivity index (χ0v) is 13.6. The van der Waals surface area contributed by atoms with Crippen molar-refractivity contribution in [3.8, 4) is 0 Å². The summed E-state index contributed by atoms with van der Waals surface area (Å²) < 4.78 is 8.27. The summed E-state index contributed by atoms with van der Waals surface area (Å²) in [5, 5.41) is 2.89. The molecule has 0 saturated heterocycles. The van der Waals surface area contributed by atoms with Gasteiger partial charge in [0.1, 0.15) is 5.69 Å². The number of aromatic nitrogens is 1. The highest BCUT2D eigenvalue weighted by molar-refractivity contribution is 9.10. The first-order chi connectivity index (χ1) is 10.2. The van der Waals surface area contributed by atoms with E-state index in [9.17, 15) is 4.79 Å². The molecule has 2 aromatic rings. The van der Waals surface area contributed by atoms with E-state index in [2.05, 4.69) is 21.2 Å². The number of nitrogens with zero attached hydrogens (tertiary/aromatic N) is 1. The largest absolute Gasteiger partial charge is 0.377 e. The Morgan fingerprint density at radius 1 is 1.33 bits per heavy atom. The van der Waals surface area contributed by atoms with Crippen molar-refractivity contribution in [1.82, 2.24) is 9.88 Å². The Bertz CT molecular complexity index is 581. The van der Waals surface area contributed by atoms with Gasteiger partial charge in [-0.25, -0.2) is 0 Å². The van der Waals surface area contributed by atoms with Crippen molar-refractivity contribution in [2.75, 3.05) is 13.2 Å². The van der Waals surface area contributed by atoms with Gasteiger partial charge < -0.3 is 14.6 Å². The summed E-state index contributed by atoms with van der Waals surface area (Å²) in [7, 11) is 1.85. The van der Waals surface area contributed by atoms with Gasteiger partial charge in [-0.2, -0.15) is 0 Å². The van der Waals surface area contributed by atoms with Crippen LogP contribution in [0, 0.1) is 0 Å². The fraction of sp³-hybridized carbons (Fsp3) is 0.312. The molecule has 4 nitrogen and oxygen atoms in total. The van der Waals surface area contributed by atoms with Crippen LogP contribution in [0.4, 0.5) is 0 Å². The molecule has 0 aliphatic heterocycles. The van der Waals surface area contributed by atoms with E-state index in [0.717, 1.165) is 16.5 Å². The van der Waals surface area contributed by atoms with E-state index in [1.54, 1.807) is 10.6 Å². The first-order valence-electron chi connectivity index (χ1n) is 6.88. The maximum absolute atomic E-state index is 11.9. The van der Waals surface area contributed by atoms with Gasteiger partial charge in [0.05, 0.1) is 6.61 Å². The Balaban J connectivity index is 1.62. The zero-order chi connectivity index (χ0) is 15.1. The number of benzene rings is 1. The number of ether oxygens (including phenoxy) is 1. The van der Waals surface area contributed by atoms with E-state index in [4.69, 9.17) is 4.74 Å². The van der Waals surface area contributed by atoms with Crippen LogP contribution in [0.1, 0.15) is 22.5 Å². The number of rotatable bonds is 7. The third kappa shape index (κ3) is 5.02. The second kappa shape index (κ2) is 8.00. The second-order valence-corrected chi connectivity index (χ2v) is 5.72. The number of carbonyl (C=O) groups is 1. The third-order valence-electron chi connectivity index (χ3n) is 3.07. The van der Waals surface area contributed by atoms with Gasteiger partial charge in [0, 0.05) is 30.9 Å². The van der Waals surface area contributed by atoms with Crippen molar-refractivity contribution in [3.05, 3.63) is 58.3 Å². The van der Waals surface area contributed by atoms with E-state index >= 15 is 0 Å². The van der Waals surface area contributed by atoms with Gasteiger partial charge in [-0.3, -0.25) is 4.79 Å². The summed E-state index contributed by atoms with van der Waals surface area (Å²) in [6.07, 6.45) is 2.65. The normalized spacial score (nSPS) is 10.6. The van der Waals surface area contributed by atoms with Crippen LogP contribution in [-0.4, -0.2) is 23.6 Å².